The highest BCUT2D eigenvalue weighted by Crippen LogP contribution is 2.15. The van der Waals surface area contributed by atoms with Crippen LogP contribution in [0.25, 0.3) is 0 Å². The van der Waals surface area contributed by atoms with E-state index >= 15 is 0 Å². The highest BCUT2D eigenvalue weighted by Gasteiger charge is 2.27. The first kappa shape index (κ1) is 13.4. The highest BCUT2D eigenvalue weighted by molar-refractivity contribution is 4.93. The Morgan fingerprint density at radius 1 is 1.50 bits per heavy atom. The molecule has 0 bridgehead atoms. The number of likely N-dealkylation sites (tertiary alicyclic amines) is 1. The Balaban J connectivity index is 2.37. The normalized spacial score (nSPS) is 23.6. The number of likely N-dealkylation sites (N-methyl/N-ethyl adjacent to an activating group) is 2. The molecule has 2 atom stereocenters. The van der Waals surface area contributed by atoms with E-state index in [1.54, 1.807) is 0 Å². The lowest BCUT2D eigenvalue weighted by Crippen LogP contribution is -2.41. The molecule has 0 aromatic rings. The van der Waals surface area contributed by atoms with E-state index in [9.17, 15) is 0 Å². The number of hydrogen-bond acceptors (Lipinski definition) is 4. The van der Waals surface area contributed by atoms with Crippen molar-refractivity contribution in [1.29, 1.82) is 5.26 Å². The fraction of sp³-hybridized carbons (Fsp3) is 0.917. The Hall–Kier alpha value is -0.630. The van der Waals surface area contributed by atoms with Crippen molar-refractivity contribution in [1.82, 2.24) is 15.1 Å². The lowest BCUT2D eigenvalue weighted by atomic mass is 10.2. The minimum atomic E-state index is -0.0320. The van der Waals surface area contributed by atoms with Crippen molar-refractivity contribution in [3.8, 4) is 6.07 Å². The SMILES string of the molecule is CCN(CC)C1CCN(CC(C#N)NC)C1. The molecule has 0 aromatic heterocycles. The van der Waals surface area contributed by atoms with Crippen molar-refractivity contribution in [2.75, 3.05) is 39.8 Å². The molecule has 0 radical (unpaired) electrons. The average Bonchev–Trinajstić information content (AvgIpc) is 2.76. The largest absolute Gasteiger partial charge is 0.304 e. The summed E-state index contributed by atoms with van der Waals surface area (Å²) in [7, 11) is 1.85. The van der Waals surface area contributed by atoms with Gasteiger partial charge in [-0.25, -0.2) is 0 Å². The lowest BCUT2D eigenvalue weighted by molar-refractivity contribution is 0.209. The first-order chi connectivity index (χ1) is 7.74. The smallest absolute Gasteiger partial charge is 0.108 e. The first-order valence-corrected chi connectivity index (χ1v) is 6.28. The molecule has 0 saturated carbocycles. The molecule has 1 rings (SSSR count). The number of hydrogen-bond donors (Lipinski definition) is 1. The van der Waals surface area contributed by atoms with E-state index in [4.69, 9.17) is 5.26 Å². The first-order valence-electron chi connectivity index (χ1n) is 6.28. The lowest BCUT2D eigenvalue weighted by Gasteiger charge is -2.26. The second kappa shape index (κ2) is 6.85. The van der Waals surface area contributed by atoms with E-state index in [-0.39, 0.29) is 6.04 Å². The monoisotopic (exact) mass is 224 g/mol. The van der Waals surface area contributed by atoms with E-state index in [1.807, 2.05) is 7.05 Å². The van der Waals surface area contributed by atoms with Gasteiger partial charge in [-0.2, -0.15) is 5.26 Å². The third kappa shape index (κ3) is 3.44. The average molecular weight is 224 g/mol. The molecular formula is C12H24N4. The van der Waals surface area contributed by atoms with Gasteiger partial charge in [0.1, 0.15) is 6.04 Å². The van der Waals surface area contributed by atoms with Crippen LogP contribution in [0.5, 0.6) is 0 Å². The summed E-state index contributed by atoms with van der Waals surface area (Å²) in [5, 5.41) is 11.9. The number of nitrogens with zero attached hydrogens (tertiary/aromatic N) is 3. The molecule has 0 spiro atoms. The minimum absolute atomic E-state index is 0.0320. The molecule has 16 heavy (non-hydrogen) atoms. The summed E-state index contributed by atoms with van der Waals surface area (Å²) >= 11 is 0. The molecule has 92 valence electrons. The molecule has 1 saturated heterocycles. The number of nitriles is 1. The van der Waals surface area contributed by atoms with E-state index < -0.39 is 0 Å². The van der Waals surface area contributed by atoms with Crippen molar-refractivity contribution >= 4 is 0 Å². The van der Waals surface area contributed by atoms with Crippen LogP contribution in [0.4, 0.5) is 0 Å². The fourth-order valence-corrected chi connectivity index (χ4v) is 2.47. The van der Waals surface area contributed by atoms with Gasteiger partial charge in [0.2, 0.25) is 0 Å². The van der Waals surface area contributed by atoms with Crippen molar-refractivity contribution in [2.45, 2.75) is 32.4 Å². The summed E-state index contributed by atoms with van der Waals surface area (Å²) in [6.45, 7) is 9.79. The second-order valence-electron chi connectivity index (χ2n) is 4.39. The standard InChI is InChI=1S/C12H24N4/c1-4-16(5-2)12-6-7-15(10-12)9-11(8-13)14-3/h11-12,14H,4-7,9-10H2,1-3H3. The van der Waals surface area contributed by atoms with Gasteiger partial charge in [0.05, 0.1) is 6.07 Å². The molecule has 0 amide bonds. The van der Waals surface area contributed by atoms with Gasteiger partial charge in [-0.1, -0.05) is 13.8 Å². The van der Waals surface area contributed by atoms with Crippen molar-refractivity contribution in [2.24, 2.45) is 0 Å². The summed E-state index contributed by atoms with van der Waals surface area (Å²) in [5.74, 6) is 0. The van der Waals surface area contributed by atoms with Crippen LogP contribution in [0.15, 0.2) is 0 Å². The molecular weight excluding hydrogens is 200 g/mol. The zero-order chi connectivity index (χ0) is 12.0. The zero-order valence-electron chi connectivity index (χ0n) is 10.7. The highest BCUT2D eigenvalue weighted by atomic mass is 15.3. The molecule has 1 aliphatic rings. The van der Waals surface area contributed by atoms with Crippen LogP contribution < -0.4 is 5.32 Å². The van der Waals surface area contributed by atoms with Gasteiger partial charge in [-0.15, -0.1) is 0 Å². The van der Waals surface area contributed by atoms with Gasteiger partial charge in [-0.05, 0) is 33.1 Å². The molecule has 1 heterocycles. The van der Waals surface area contributed by atoms with Gasteiger partial charge < -0.3 is 5.32 Å². The number of nitrogens with one attached hydrogen (secondary N) is 1. The van der Waals surface area contributed by atoms with Crippen LogP contribution in [-0.2, 0) is 0 Å². The van der Waals surface area contributed by atoms with Gasteiger partial charge in [0, 0.05) is 19.1 Å². The maximum absolute atomic E-state index is 8.90. The van der Waals surface area contributed by atoms with Crippen LogP contribution in [0.3, 0.4) is 0 Å². The van der Waals surface area contributed by atoms with Gasteiger partial charge in [0.25, 0.3) is 0 Å². The van der Waals surface area contributed by atoms with Crippen LogP contribution >= 0.6 is 0 Å². The summed E-state index contributed by atoms with van der Waals surface area (Å²) in [6.07, 6.45) is 1.24. The van der Waals surface area contributed by atoms with Gasteiger partial charge >= 0.3 is 0 Å². The van der Waals surface area contributed by atoms with Gasteiger partial charge in [-0.3, -0.25) is 9.80 Å². The summed E-state index contributed by atoms with van der Waals surface area (Å²) < 4.78 is 0. The maximum atomic E-state index is 8.90. The minimum Gasteiger partial charge on any atom is -0.304 e. The van der Waals surface area contributed by atoms with E-state index in [2.05, 4.69) is 35.0 Å². The van der Waals surface area contributed by atoms with Crippen molar-refractivity contribution < 1.29 is 0 Å². The zero-order valence-corrected chi connectivity index (χ0v) is 10.7. The molecule has 4 heteroatoms. The third-order valence-corrected chi connectivity index (χ3v) is 3.52. The van der Waals surface area contributed by atoms with E-state index in [0.717, 1.165) is 32.7 Å². The molecule has 4 nitrogen and oxygen atoms in total. The Labute approximate surface area is 99.2 Å². The summed E-state index contributed by atoms with van der Waals surface area (Å²) in [4.78, 5) is 4.91. The molecule has 2 unspecified atom stereocenters. The van der Waals surface area contributed by atoms with Crippen molar-refractivity contribution in [3.63, 3.8) is 0 Å². The summed E-state index contributed by atoms with van der Waals surface area (Å²) in [6, 6.07) is 2.94. The van der Waals surface area contributed by atoms with Crippen LogP contribution in [0.2, 0.25) is 0 Å². The van der Waals surface area contributed by atoms with Crippen LogP contribution in [0, 0.1) is 11.3 Å². The van der Waals surface area contributed by atoms with E-state index in [1.165, 1.54) is 6.42 Å². The fourth-order valence-electron chi connectivity index (χ4n) is 2.47. The third-order valence-electron chi connectivity index (χ3n) is 3.52. The van der Waals surface area contributed by atoms with Crippen LogP contribution in [-0.4, -0.2) is 61.7 Å². The Morgan fingerprint density at radius 3 is 2.69 bits per heavy atom. The second-order valence-corrected chi connectivity index (χ2v) is 4.39. The predicted octanol–water partition coefficient (Wildman–Crippen LogP) is 0.514. The topological polar surface area (TPSA) is 42.3 Å². The molecule has 0 aliphatic carbocycles. The van der Waals surface area contributed by atoms with Gasteiger partial charge in [0.15, 0.2) is 0 Å². The van der Waals surface area contributed by atoms with E-state index in [0.29, 0.717) is 6.04 Å². The predicted molar refractivity (Wildman–Crippen MR) is 66.2 cm³/mol. The molecule has 1 aliphatic heterocycles. The molecule has 1 fully saturated rings. The Morgan fingerprint density at radius 2 is 2.19 bits per heavy atom. The summed E-state index contributed by atoms with van der Waals surface area (Å²) in [5.41, 5.74) is 0. The number of rotatable bonds is 6. The Kier molecular flexibility index (Phi) is 5.75. The maximum Gasteiger partial charge on any atom is 0.108 e. The molecule has 1 N–H and O–H groups in total. The quantitative estimate of drug-likeness (QED) is 0.714. The molecule has 0 aromatic carbocycles. The Bertz CT molecular complexity index is 232. The van der Waals surface area contributed by atoms with Crippen molar-refractivity contribution in [3.05, 3.63) is 0 Å². The van der Waals surface area contributed by atoms with Crippen LogP contribution in [0.1, 0.15) is 20.3 Å².